The van der Waals surface area contributed by atoms with Crippen LogP contribution < -0.4 is 0 Å². The molecule has 20 heavy (non-hydrogen) atoms. The lowest BCUT2D eigenvalue weighted by molar-refractivity contribution is 0.0834. The van der Waals surface area contributed by atoms with Crippen LogP contribution in [0.3, 0.4) is 0 Å². The van der Waals surface area contributed by atoms with E-state index in [2.05, 4.69) is 6.92 Å². The van der Waals surface area contributed by atoms with Crippen molar-refractivity contribution in [2.24, 2.45) is 5.92 Å². The average molecular weight is 276 g/mol. The number of hydrogen-bond donors (Lipinski definition) is 0. The van der Waals surface area contributed by atoms with Gasteiger partial charge in [-0.05, 0) is 49.1 Å². The molecule has 0 spiro atoms. The predicted octanol–water partition coefficient (Wildman–Crippen LogP) is 5.65. The standard InChI is InChI=1S/C18H25FO/c1-2-3-4-7-14-10-12-15(13-11-14)16-8-5-6-9-17(16)18(19)20/h5-6,8-9,14-15H,2-4,7,10-13H2,1H3. The molecule has 0 aromatic heterocycles. The third-order valence-electron chi connectivity index (χ3n) is 4.68. The molecule has 0 saturated heterocycles. The Morgan fingerprint density at radius 1 is 1.15 bits per heavy atom. The van der Waals surface area contributed by atoms with Crippen molar-refractivity contribution in [3.8, 4) is 0 Å². The van der Waals surface area contributed by atoms with E-state index in [9.17, 15) is 9.18 Å². The molecule has 0 atom stereocenters. The average Bonchev–Trinajstić information content (AvgIpc) is 2.48. The van der Waals surface area contributed by atoms with Gasteiger partial charge in [-0.3, -0.25) is 4.79 Å². The smallest absolute Gasteiger partial charge is 0.255 e. The Morgan fingerprint density at radius 3 is 2.50 bits per heavy atom. The van der Waals surface area contributed by atoms with E-state index in [1.807, 2.05) is 12.1 Å². The van der Waals surface area contributed by atoms with Crippen molar-refractivity contribution < 1.29 is 9.18 Å². The van der Waals surface area contributed by atoms with Crippen molar-refractivity contribution in [2.75, 3.05) is 0 Å². The van der Waals surface area contributed by atoms with Gasteiger partial charge in [0.2, 0.25) is 0 Å². The van der Waals surface area contributed by atoms with Gasteiger partial charge in [0.25, 0.3) is 0 Å². The van der Waals surface area contributed by atoms with Gasteiger partial charge in [0.1, 0.15) is 0 Å². The van der Waals surface area contributed by atoms with E-state index in [0.29, 0.717) is 5.92 Å². The molecular formula is C18H25FO. The molecule has 1 saturated carbocycles. The second-order valence-corrected chi connectivity index (χ2v) is 6.07. The maximum atomic E-state index is 13.1. The first-order valence-electron chi connectivity index (χ1n) is 8.01. The minimum absolute atomic E-state index is 0.280. The normalized spacial score (nSPS) is 22.7. The minimum Gasteiger partial charge on any atom is -0.255 e. The molecule has 0 radical (unpaired) electrons. The monoisotopic (exact) mass is 276 g/mol. The fourth-order valence-electron chi connectivity index (χ4n) is 3.48. The van der Waals surface area contributed by atoms with Crippen LogP contribution in [0.5, 0.6) is 0 Å². The second kappa shape index (κ2) is 7.56. The zero-order valence-electron chi connectivity index (χ0n) is 12.4. The molecule has 2 rings (SSSR count). The SMILES string of the molecule is CCCCCC1CCC(c2ccccc2C(=O)F)CC1. The Morgan fingerprint density at radius 2 is 1.85 bits per heavy atom. The number of rotatable bonds is 6. The Kier molecular flexibility index (Phi) is 5.75. The minimum atomic E-state index is -1.29. The second-order valence-electron chi connectivity index (χ2n) is 6.07. The van der Waals surface area contributed by atoms with Crippen LogP contribution in [0.1, 0.15) is 80.1 Å². The zero-order valence-corrected chi connectivity index (χ0v) is 12.4. The summed E-state index contributed by atoms with van der Waals surface area (Å²) in [5.41, 5.74) is 1.20. The number of carbonyl (C=O) groups is 1. The van der Waals surface area contributed by atoms with Gasteiger partial charge in [-0.15, -0.1) is 0 Å². The number of halogens is 1. The van der Waals surface area contributed by atoms with Crippen molar-refractivity contribution in [1.82, 2.24) is 0 Å². The molecule has 0 aliphatic heterocycles. The number of hydrogen-bond acceptors (Lipinski definition) is 1. The molecule has 0 heterocycles. The van der Waals surface area contributed by atoms with Gasteiger partial charge in [0.15, 0.2) is 0 Å². The predicted molar refractivity (Wildman–Crippen MR) is 80.7 cm³/mol. The first-order valence-corrected chi connectivity index (χ1v) is 8.01. The summed E-state index contributed by atoms with van der Waals surface area (Å²) in [4.78, 5) is 11.1. The van der Waals surface area contributed by atoms with E-state index >= 15 is 0 Å². The Hall–Kier alpha value is -1.18. The molecule has 2 heteroatoms. The first-order chi connectivity index (χ1) is 9.72. The fourth-order valence-corrected chi connectivity index (χ4v) is 3.48. The quantitative estimate of drug-likeness (QED) is 0.484. The molecule has 0 unspecified atom stereocenters. The van der Waals surface area contributed by atoms with Crippen molar-refractivity contribution in [1.29, 1.82) is 0 Å². The molecule has 1 aliphatic carbocycles. The van der Waals surface area contributed by atoms with Crippen LogP contribution in [0.4, 0.5) is 4.39 Å². The zero-order chi connectivity index (χ0) is 14.4. The largest absolute Gasteiger partial charge is 0.332 e. The summed E-state index contributed by atoms with van der Waals surface area (Å²) in [6, 6.07) is 5.91. The molecule has 0 amide bonds. The molecule has 1 nitrogen and oxygen atoms in total. The van der Waals surface area contributed by atoms with E-state index in [4.69, 9.17) is 0 Å². The maximum Gasteiger partial charge on any atom is 0.332 e. The third-order valence-corrected chi connectivity index (χ3v) is 4.68. The molecule has 1 aromatic carbocycles. The van der Waals surface area contributed by atoms with Crippen molar-refractivity contribution in [3.05, 3.63) is 35.4 Å². The van der Waals surface area contributed by atoms with Crippen LogP contribution in [0.2, 0.25) is 0 Å². The topological polar surface area (TPSA) is 17.1 Å². The summed E-state index contributed by atoms with van der Waals surface area (Å²) in [7, 11) is 0. The summed E-state index contributed by atoms with van der Waals surface area (Å²) < 4.78 is 13.1. The van der Waals surface area contributed by atoms with Crippen LogP contribution in [0.15, 0.2) is 24.3 Å². The number of carbonyl (C=O) groups excluding carboxylic acids is 1. The highest BCUT2D eigenvalue weighted by Gasteiger charge is 2.25. The van der Waals surface area contributed by atoms with Crippen LogP contribution in [-0.2, 0) is 0 Å². The summed E-state index contributed by atoms with van der Waals surface area (Å²) in [5, 5.41) is 0. The van der Waals surface area contributed by atoms with E-state index in [1.165, 1.54) is 38.5 Å². The molecule has 0 N–H and O–H groups in total. The van der Waals surface area contributed by atoms with Gasteiger partial charge in [-0.2, -0.15) is 4.39 Å². The van der Waals surface area contributed by atoms with E-state index in [-0.39, 0.29) is 5.56 Å². The number of benzene rings is 1. The summed E-state index contributed by atoms with van der Waals surface area (Å²) in [5.74, 6) is 1.21. The van der Waals surface area contributed by atoms with E-state index in [1.54, 1.807) is 12.1 Å². The highest BCUT2D eigenvalue weighted by molar-refractivity contribution is 5.90. The van der Waals surface area contributed by atoms with Gasteiger partial charge in [0, 0.05) is 0 Å². The van der Waals surface area contributed by atoms with Crippen LogP contribution in [-0.4, -0.2) is 6.04 Å². The summed E-state index contributed by atoms with van der Waals surface area (Å²) in [6.45, 7) is 2.24. The van der Waals surface area contributed by atoms with Crippen LogP contribution >= 0.6 is 0 Å². The van der Waals surface area contributed by atoms with Gasteiger partial charge in [-0.1, -0.05) is 50.8 Å². The lowest BCUT2D eigenvalue weighted by atomic mass is 9.76. The van der Waals surface area contributed by atoms with Crippen molar-refractivity contribution >= 4 is 6.04 Å². The Balaban J connectivity index is 1.92. The first kappa shape index (κ1) is 15.2. The number of unbranched alkanes of at least 4 members (excludes halogenated alkanes) is 2. The van der Waals surface area contributed by atoms with E-state index < -0.39 is 6.04 Å². The van der Waals surface area contributed by atoms with Crippen LogP contribution in [0.25, 0.3) is 0 Å². The summed E-state index contributed by atoms with van der Waals surface area (Å²) >= 11 is 0. The Labute approximate surface area is 121 Å². The lowest BCUT2D eigenvalue weighted by Crippen LogP contribution is -2.15. The van der Waals surface area contributed by atoms with E-state index in [0.717, 1.165) is 24.3 Å². The van der Waals surface area contributed by atoms with Gasteiger partial charge >= 0.3 is 6.04 Å². The lowest BCUT2D eigenvalue weighted by Gasteiger charge is -2.29. The molecule has 1 fully saturated rings. The summed E-state index contributed by atoms with van der Waals surface area (Å²) in [6.07, 6.45) is 9.94. The molecule has 110 valence electrons. The molecule has 1 aromatic rings. The molecular weight excluding hydrogens is 251 g/mol. The van der Waals surface area contributed by atoms with Crippen LogP contribution in [0, 0.1) is 5.92 Å². The molecule has 1 aliphatic rings. The van der Waals surface area contributed by atoms with Gasteiger partial charge in [-0.25, -0.2) is 0 Å². The van der Waals surface area contributed by atoms with Crippen molar-refractivity contribution in [2.45, 2.75) is 64.2 Å². The Bertz CT molecular complexity index is 433. The third kappa shape index (κ3) is 3.91. The maximum absolute atomic E-state index is 13.1. The van der Waals surface area contributed by atoms with Gasteiger partial charge in [0.05, 0.1) is 5.56 Å². The van der Waals surface area contributed by atoms with Gasteiger partial charge < -0.3 is 0 Å². The fraction of sp³-hybridized carbons (Fsp3) is 0.611. The highest BCUT2D eigenvalue weighted by atomic mass is 19.1. The molecule has 0 bridgehead atoms. The highest BCUT2D eigenvalue weighted by Crippen LogP contribution is 2.39. The van der Waals surface area contributed by atoms with Crippen molar-refractivity contribution in [3.63, 3.8) is 0 Å².